The molecule has 1 amide bonds. The van der Waals surface area contributed by atoms with E-state index in [9.17, 15) is 4.79 Å². The van der Waals surface area contributed by atoms with Gasteiger partial charge in [-0.05, 0) is 39.7 Å². The van der Waals surface area contributed by atoms with Crippen LogP contribution in [0.25, 0.3) is 0 Å². The van der Waals surface area contributed by atoms with E-state index in [1.807, 2.05) is 18.9 Å². The number of rotatable bonds is 4. The van der Waals surface area contributed by atoms with Crippen LogP contribution in [-0.2, 0) is 6.42 Å². The van der Waals surface area contributed by atoms with E-state index in [1.54, 1.807) is 11.3 Å². The zero-order chi connectivity index (χ0) is 13.8. The second kappa shape index (κ2) is 6.48. The van der Waals surface area contributed by atoms with E-state index in [0.717, 1.165) is 54.4 Å². The first-order chi connectivity index (χ1) is 9.15. The van der Waals surface area contributed by atoms with Crippen LogP contribution >= 0.6 is 11.3 Å². The lowest BCUT2D eigenvalue weighted by Crippen LogP contribution is -2.43. The smallest absolute Gasteiger partial charge is 0.265 e. The summed E-state index contributed by atoms with van der Waals surface area (Å²) < 4.78 is 0. The molecule has 0 aromatic carbocycles. The van der Waals surface area contributed by atoms with E-state index in [4.69, 9.17) is 0 Å². The van der Waals surface area contributed by atoms with Crippen LogP contribution in [0.2, 0.25) is 0 Å². The largest absolute Gasteiger partial charge is 0.338 e. The third-order valence-electron chi connectivity index (χ3n) is 3.69. The Morgan fingerprint density at radius 2 is 2.16 bits per heavy atom. The Morgan fingerprint density at radius 3 is 2.74 bits per heavy atom. The van der Waals surface area contributed by atoms with Crippen molar-refractivity contribution < 1.29 is 4.79 Å². The second-order valence-electron chi connectivity index (χ2n) is 5.13. The molecule has 0 spiro atoms. The lowest BCUT2D eigenvalue weighted by Gasteiger charge is -2.31. The predicted molar refractivity (Wildman–Crippen MR) is 78.8 cm³/mol. The summed E-state index contributed by atoms with van der Waals surface area (Å²) >= 11 is 1.57. The Morgan fingerprint density at radius 1 is 1.47 bits per heavy atom. The fraction of sp³-hybridized carbons (Fsp3) is 0.714. The van der Waals surface area contributed by atoms with Crippen LogP contribution in [0.15, 0.2) is 0 Å². The SMILES string of the molecule is CCCc1nc(C)c(C(=O)N2CCC(NC)CC2)s1. The Kier molecular flexibility index (Phi) is 4.93. The molecule has 1 N–H and O–H groups in total. The zero-order valence-electron chi connectivity index (χ0n) is 12.0. The van der Waals surface area contributed by atoms with Gasteiger partial charge in [0, 0.05) is 19.1 Å². The Labute approximate surface area is 119 Å². The molecule has 5 heteroatoms. The molecule has 0 bridgehead atoms. The van der Waals surface area contributed by atoms with E-state index in [-0.39, 0.29) is 5.91 Å². The molecule has 1 aromatic heterocycles. The van der Waals surface area contributed by atoms with Crippen molar-refractivity contribution in [3.8, 4) is 0 Å². The molecule has 0 unspecified atom stereocenters. The predicted octanol–water partition coefficient (Wildman–Crippen LogP) is 2.23. The summed E-state index contributed by atoms with van der Waals surface area (Å²) in [5.74, 6) is 0.173. The number of thiazole rings is 1. The Bertz CT molecular complexity index is 436. The normalized spacial score (nSPS) is 16.9. The molecule has 2 rings (SSSR count). The topological polar surface area (TPSA) is 45.2 Å². The van der Waals surface area contributed by atoms with E-state index < -0.39 is 0 Å². The lowest BCUT2D eigenvalue weighted by atomic mass is 10.1. The van der Waals surface area contributed by atoms with Crippen LogP contribution in [0.5, 0.6) is 0 Å². The lowest BCUT2D eigenvalue weighted by molar-refractivity contribution is 0.0711. The minimum Gasteiger partial charge on any atom is -0.338 e. The molecular weight excluding hydrogens is 258 g/mol. The monoisotopic (exact) mass is 281 g/mol. The fourth-order valence-electron chi connectivity index (χ4n) is 2.49. The van der Waals surface area contributed by atoms with E-state index in [1.165, 1.54) is 0 Å². The van der Waals surface area contributed by atoms with E-state index in [0.29, 0.717) is 6.04 Å². The number of hydrogen-bond donors (Lipinski definition) is 1. The highest BCUT2D eigenvalue weighted by molar-refractivity contribution is 7.13. The van der Waals surface area contributed by atoms with Crippen LogP contribution in [0.4, 0.5) is 0 Å². The van der Waals surface area contributed by atoms with Gasteiger partial charge in [0.15, 0.2) is 0 Å². The molecule has 19 heavy (non-hydrogen) atoms. The number of piperidine rings is 1. The van der Waals surface area contributed by atoms with Crippen molar-refractivity contribution in [3.63, 3.8) is 0 Å². The van der Waals surface area contributed by atoms with E-state index in [2.05, 4.69) is 17.2 Å². The van der Waals surface area contributed by atoms with Crippen molar-refractivity contribution >= 4 is 17.2 Å². The minimum atomic E-state index is 0.173. The fourth-order valence-corrected chi connectivity index (χ4v) is 3.62. The summed E-state index contributed by atoms with van der Waals surface area (Å²) in [6, 6.07) is 0.558. The third-order valence-corrected chi connectivity index (χ3v) is 4.89. The number of aromatic nitrogens is 1. The van der Waals surface area contributed by atoms with Gasteiger partial charge < -0.3 is 10.2 Å². The molecule has 1 aliphatic heterocycles. The molecule has 0 atom stereocenters. The third kappa shape index (κ3) is 3.34. The maximum Gasteiger partial charge on any atom is 0.265 e. The van der Waals surface area contributed by atoms with Gasteiger partial charge in [0.2, 0.25) is 0 Å². The molecule has 2 heterocycles. The maximum atomic E-state index is 12.5. The van der Waals surface area contributed by atoms with Crippen LogP contribution in [0.3, 0.4) is 0 Å². The van der Waals surface area contributed by atoms with Gasteiger partial charge in [0.25, 0.3) is 5.91 Å². The average molecular weight is 281 g/mol. The molecule has 106 valence electrons. The van der Waals surface area contributed by atoms with Crippen molar-refractivity contribution in [1.29, 1.82) is 0 Å². The van der Waals surface area contributed by atoms with Gasteiger partial charge in [0.1, 0.15) is 4.88 Å². The number of likely N-dealkylation sites (tertiary alicyclic amines) is 1. The van der Waals surface area contributed by atoms with Gasteiger partial charge in [-0.2, -0.15) is 0 Å². The van der Waals surface area contributed by atoms with Crippen LogP contribution in [0, 0.1) is 6.92 Å². The minimum absolute atomic E-state index is 0.173. The second-order valence-corrected chi connectivity index (χ2v) is 6.21. The molecule has 0 aliphatic carbocycles. The number of carbonyl (C=O) groups is 1. The number of amides is 1. The van der Waals surface area contributed by atoms with E-state index >= 15 is 0 Å². The highest BCUT2D eigenvalue weighted by Crippen LogP contribution is 2.23. The standard InChI is InChI=1S/C14H23N3OS/c1-4-5-12-16-10(2)13(19-12)14(18)17-8-6-11(15-3)7-9-17/h11,15H,4-9H2,1-3H3. The summed E-state index contributed by atoms with van der Waals surface area (Å²) in [6.07, 6.45) is 4.14. The van der Waals surface area contributed by atoms with Gasteiger partial charge in [-0.15, -0.1) is 11.3 Å². The summed E-state index contributed by atoms with van der Waals surface area (Å²) in [7, 11) is 1.99. The van der Waals surface area contributed by atoms with Crippen molar-refractivity contribution in [1.82, 2.24) is 15.2 Å². The highest BCUT2D eigenvalue weighted by atomic mass is 32.1. The molecule has 4 nitrogen and oxygen atoms in total. The summed E-state index contributed by atoms with van der Waals surface area (Å²) in [5.41, 5.74) is 0.897. The summed E-state index contributed by atoms with van der Waals surface area (Å²) in [5, 5.41) is 4.38. The number of carbonyl (C=O) groups excluding carboxylic acids is 1. The first-order valence-corrected chi connectivity index (χ1v) is 7.90. The maximum absolute atomic E-state index is 12.5. The number of nitrogens with one attached hydrogen (secondary N) is 1. The molecule has 1 saturated heterocycles. The van der Waals surface area contributed by atoms with Crippen molar-refractivity contribution in [2.45, 2.75) is 45.6 Å². The van der Waals surface area contributed by atoms with Gasteiger partial charge >= 0.3 is 0 Å². The number of nitrogens with zero attached hydrogens (tertiary/aromatic N) is 2. The van der Waals surface area contributed by atoms with Gasteiger partial charge in [-0.25, -0.2) is 4.98 Å². The van der Waals surface area contributed by atoms with Gasteiger partial charge in [0.05, 0.1) is 10.7 Å². The van der Waals surface area contributed by atoms with Crippen LogP contribution in [-0.4, -0.2) is 42.0 Å². The average Bonchev–Trinajstić information content (AvgIpc) is 2.79. The summed E-state index contributed by atoms with van der Waals surface area (Å²) in [6.45, 7) is 5.79. The Balaban J connectivity index is 2.03. The van der Waals surface area contributed by atoms with Crippen LogP contribution < -0.4 is 5.32 Å². The first-order valence-electron chi connectivity index (χ1n) is 7.08. The van der Waals surface area contributed by atoms with Crippen LogP contribution in [0.1, 0.15) is 46.6 Å². The molecule has 1 aromatic rings. The quantitative estimate of drug-likeness (QED) is 0.920. The van der Waals surface area contributed by atoms with Crippen molar-refractivity contribution in [3.05, 3.63) is 15.6 Å². The van der Waals surface area contributed by atoms with Gasteiger partial charge in [-0.1, -0.05) is 6.92 Å². The zero-order valence-corrected chi connectivity index (χ0v) is 12.8. The first kappa shape index (κ1) is 14.5. The molecule has 0 radical (unpaired) electrons. The summed E-state index contributed by atoms with van der Waals surface area (Å²) in [4.78, 5) is 19.8. The van der Waals surface area contributed by atoms with Gasteiger partial charge in [-0.3, -0.25) is 4.79 Å². The molecule has 0 saturated carbocycles. The number of hydrogen-bond acceptors (Lipinski definition) is 4. The highest BCUT2D eigenvalue weighted by Gasteiger charge is 2.25. The Hall–Kier alpha value is -0.940. The van der Waals surface area contributed by atoms with Crippen molar-refractivity contribution in [2.24, 2.45) is 0 Å². The number of aryl methyl sites for hydroxylation is 2. The molecular formula is C14H23N3OS. The van der Waals surface area contributed by atoms with Crippen molar-refractivity contribution in [2.75, 3.05) is 20.1 Å². The molecule has 1 fully saturated rings. The molecule has 1 aliphatic rings.